The molecule has 0 saturated carbocycles. The normalized spacial score (nSPS) is 15.1. The monoisotopic (exact) mass is 393 g/mol. The Morgan fingerprint density at radius 2 is 1.59 bits per heavy atom. The van der Waals surface area contributed by atoms with Crippen molar-refractivity contribution in [3.8, 4) is 0 Å². The zero-order valence-electron chi connectivity index (χ0n) is 17.2. The van der Waals surface area contributed by atoms with E-state index in [1.807, 2.05) is 18.2 Å². The Morgan fingerprint density at radius 1 is 0.931 bits per heavy atom. The Bertz CT molecular complexity index is 782. The largest absolute Gasteiger partial charge is 0.352 e. The minimum atomic E-state index is -0.155. The molecule has 1 saturated heterocycles. The van der Waals surface area contributed by atoms with Gasteiger partial charge in [-0.1, -0.05) is 49.4 Å². The van der Waals surface area contributed by atoms with Gasteiger partial charge in [0.15, 0.2) is 0 Å². The van der Waals surface area contributed by atoms with Gasteiger partial charge in [-0.2, -0.15) is 0 Å². The smallest absolute Gasteiger partial charge is 0.251 e. The van der Waals surface area contributed by atoms with Crippen LogP contribution in [0.25, 0.3) is 0 Å². The van der Waals surface area contributed by atoms with E-state index in [1.165, 1.54) is 31.5 Å². The molecule has 5 heteroatoms. The van der Waals surface area contributed by atoms with Crippen molar-refractivity contribution in [1.29, 1.82) is 0 Å². The van der Waals surface area contributed by atoms with Crippen LogP contribution < -0.4 is 10.6 Å². The van der Waals surface area contributed by atoms with Crippen molar-refractivity contribution in [3.63, 3.8) is 0 Å². The molecule has 0 radical (unpaired) electrons. The number of likely N-dealkylation sites (tertiary alicyclic amines) is 1. The molecule has 1 aliphatic heterocycles. The highest BCUT2D eigenvalue weighted by atomic mass is 16.2. The van der Waals surface area contributed by atoms with Crippen LogP contribution in [0.15, 0.2) is 54.6 Å². The summed E-state index contributed by atoms with van der Waals surface area (Å²) in [6, 6.07) is 17.5. The fourth-order valence-corrected chi connectivity index (χ4v) is 3.51. The molecule has 29 heavy (non-hydrogen) atoms. The van der Waals surface area contributed by atoms with Gasteiger partial charge in [0, 0.05) is 31.6 Å². The first kappa shape index (κ1) is 21.1. The van der Waals surface area contributed by atoms with E-state index in [0.717, 1.165) is 18.0 Å². The minimum absolute atomic E-state index is 0.0649. The van der Waals surface area contributed by atoms with E-state index < -0.39 is 0 Å². The molecule has 0 atom stereocenters. The second-order valence-corrected chi connectivity index (χ2v) is 7.92. The molecule has 2 amide bonds. The predicted molar refractivity (Wildman–Crippen MR) is 115 cm³/mol. The molecule has 2 aromatic carbocycles. The molecule has 154 valence electrons. The van der Waals surface area contributed by atoms with E-state index >= 15 is 0 Å². The average molecular weight is 394 g/mol. The lowest BCUT2D eigenvalue weighted by molar-refractivity contribution is -0.121. The number of hydrogen-bond acceptors (Lipinski definition) is 3. The molecule has 0 unspecified atom stereocenters. The van der Waals surface area contributed by atoms with Crippen molar-refractivity contribution in [2.75, 3.05) is 19.6 Å². The van der Waals surface area contributed by atoms with Crippen LogP contribution in [0.1, 0.15) is 47.7 Å². The molecule has 0 aromatic heterocycles. The lowest BCUT2D eigenvalue weighted by Crippen LogP contribution is -2.32. The molecule has 2 aromatic rings. The zero-order chi connectivity index (χ0) is 20.5. The topological polar surface area (TPSA) is 61.4 Å². The highest BCUT2D eigenvalue weighted by Crippen LogP contribution is 2.18. The van der Waals surface area contributed by atoms with Crippen LogP contribution in [-0.2, 0) is 17.9 Å². The van der Waals surface area contributed by atoms with Crippen LogP contribution in [0.4, 0.5) is 0 Å². The number of nitrogens with zero attached hydrogens (tertiary/aromatic N) is 1. The van der Waals surface area contributed by atoms with Crippen LogP contribution in [0.3, 0.4) is 0 Å². The first-order valence-electron chi connectivity index (χ1n) is 10.5. The van der Waals surface area contributed by atoms with E-state index in [2.05, 4.69) is 46.7 Å². The second kappa shape index (κ2) is 10.8. The van der Waals surface area contributed by atoms with E-state index in [0.29, 0.717) is 18.7 Å². The summed E-state index contributed by atoms with van der Waals surface area (Å²) in [6.45, 7) is 6.53. The van der Waals surface area contributed by atoms with Crippen LogP contribution in [0.5, 0.6) is 0 Å². The Labute approximate surface area is 173 Å². The van der Waals surface area contributed by atoms with Gasteiger partial charge in [0.25, 0.3) is 5.91 Å². The molecule has 3 rings (SSSR count). The molecule has 0 bridgehead atoms. The Balaban J connectivity index is 1.34. The van der Waals surface area contributed by atoms with Gasteiger partial charge in [0.1, 0.15) is 0 Å². The molecular formula is C24H31N3O2. The third-order valence-electron chi connectivity index (χ3n) is 5.47. The Hall–Kier alpha value is -2.66. The van der Waals surface area contributed by atoms with Crippen molar-refractivity contribution in [1.82, 2.24) is 15.5 Å². The maximum atomic E-state index is 12.0. The molecule has 0 aliphatic carbocycles. The van der Waals surface area contributed by atoms with Crippen LogP contribution >= 0.6 is 0 Å². The first-order chi connectivity index (χ1) is 14.1. The Kier molecular flexibility index (Phi) is 7.82. The van der Waals surface area contributed by atoms with E-state index in [9.17, 15) is 9.59 Å². The fourth-order valence-electron chi connectivity index (χ4n) is 3.51. The van der Waals surface area contributed by atoms with Gasteiger partial charge in [0.05, 0.1) is 0 Å². The Morgan fingerprint density at radius 3 is 2.28 bits per heavy atom. The maximum absolute atomic E-state index is 12.0. The summed E-state index contributed by atoms with van der Waals surface area (Å²) in [5.74, 6) is 0.630. The lowest BCUT2D eigenvalue weighted by atomic mass is 9.99. The number of carbonyl (C=O) groups is 2. The number of amides is 2. The van der Waals surface area contributed by atoms with Crippen molar-refractivity contribution in [2.45, 2.75) is 39.3 Å². The van der Waals surface area contributed by atoms with Crippen molar-refractivity contribution < 1.29 is 9.59 Å². The molecule has 1 aliphatic rings. The number of piperidine rings is 1. The lowest BCUT2D eigenvalue weighted by Gasteiger charge is -2.30. The number of nitrogens with one attached hydrogen (secondary N) is 2. The number of benzene rings is 2. The molecule has 5 nitrogen and oxygen atoms in total. The highest BCUT2D eigenvalue weighted by Gasteiger charge is 2.15. The van der Waals surface area contributed by atoms with Gasteiger partial charge < -0.3 is 10.6 Å². The van der Waals surface area contributed by atoms with E-state index in [1.54, 1.807) is 12.1 Å². The van der Waals surface area contributed by atoms with Gasteiger partial charge >= 0.3 is 0 Å². The third kappa shape index (κ3) is 7.02. The summed E-state index contributed by atoms with van der Waals surface area (Å²) in [7, 11) is 0. The second-order valence-electron chi connectivity index (χ2n) is 7.92. The third-order valence-corrected chi connectivity index (χ3v) is 5.47. The van der Waals surface area contributed by atoms with E-state index in [4.69, 9.17) is 0 Å². The van der Waals surface area contributed by atoms with Gasteiger partial charge in [-0.25, -0.2) is 0 Å². The molecule has 2 N–H and O–H groups in total. The first-order valence-corrected chi connectivity index (χ1v) is 10.5. The standard InChI is InChI=1S/C24H31N3O2/c1-19-12-15-27(16-13-19)18-21-9-7-20(8-10-21)17-26-23(28)11-14-25-24(29)22-5-3-2-4-6-22/h2-10,19H,11-18H2,1H3,(H,25,29)(H,26,28). The minimum Gasteiger partial charge on any atom is -0.352 e. The van der Waals surface area contributed by atoms with Crippen LogP contribution in [0.2, 0.25) is 0 Å². The summed E-state index contributed by atoms with van der Waals surface area (Å²) < 4.78 is 0. The average Bonchev–Trinajstić information content (AvgIpc) is 2.75. The molecule has 0 spiro atoms. The summed E-state index contributed by atoms with van der Waals surface area (Å²) in [4.78, 5) is 26.5. The van der Waals surface area contributed by atoms with E-state index in [-0.39, 0.29) is 18.2 Å². The summed E-state index contributed by atoms with van der Waals surface area (Å²) in [5, 5.41) is 5.69. The highest BCUT2D eigenvalue weighted by molar-refractivity contribution is 5.94. The SMILES string of the molecule is CC1CCN(Cc2ccc(CNC(=O)CCNC(=O)c3ccccc3)cc2)CC1. The van der Waals surface area contributed by atoms with Gasteiger partial charge in [-0.15, -0.1) is 0 Å². The summed E-state index contributed by atoms with van der Waals surface area (Å²) in [5.41, 5.74) is 3.01. The number of hydrogen-bond donors (Lipinski definition) is 2. The van der Waals surface area contributed by atoms with Crippen LogP contribution in [0, 0.1) is 5.92 Å². The van der Waals surface area contributed by atoms with Crippen molar-refractivity contribution in [2.24, 2.45) is 5.92 Å². The quantitative estimate of drug-likeness (QED) is 0.723. The van der Waals surface area contributed by atoms with Crippen LogP contribution in [-0.4, -0.2) is 36.3 Å². The van der Waals surface area contributed by atoms with Gasteiger partial charge in [0.2, 0.25) is 5.91 Å². The summed E-state index contributed by atoms with van der Waals surface area (Å²) in [6.07, 6.45) is 2.84. The van der Waals surface area contributed by atoms with Gasteiger partial charge in [-0.05, 0) is 55.1 Å². The van der Waals surface area contributed by atoms with Crippen molar-refractivity contribution in [3.05, 3.63) is 71.3 Å². The predicted octanol–water partition coefficient (Wildman–Crippen LogP) is 3.35. The van der Waals surface area contributed by atoms with Crippen molar-refractivity contribution >= 4 is 11.8 Å². The zero-order valence-corrected chi connectivity index (χ0v) is 17.2. The fraction of sp³-hybridized carbons (Fsp3) is 0.417. The molecule has 1 fully saturated rings. The van der Waals surface area contributed by atoms with Gasteiger partial charge in [-0.3, -0.25) is 14.5 Å². The molecule has 1 heterocycles. The number of rotatable bonds is 8. The molecular weight excluding hydrogens is 362 g/mol. The summed E-state index contributed by atoms with van der Waals surface area (Å²) >= 11 is 0. The number of carbonyl (C=O) groups excluding carboxylic acids is 2. The maximum Gasteiger partial charge on any atom is 0.251 e.